The fourth-order valence-electron chi connectivity index (χ4n) is 1.25. The van der Waals surface area contributed by atoms with Gasteiger partial charge in [0.05, 0.1) is 11.5 Å². The van der Waals surface area contributed by atoms with Crippen LogP contribution in [0.2, 0.25) is 0 Å². The maximum absolute atomic E-state index is 10.3. The van der Waals surface area contributed by atoms with Gasteiger partial charge in [-0.1, -0.05) is 0 Å². The van der Waals surface area contributed by atoms with Gasteiger partial charge in [-0.25, -0.2) is 0 Å². The molecular formula is C7H12O3. The van der Waals surface area contributed by atoms with E-state index in [9.17, 15) is 9.90 Å². The van der Waals surface area contributed by atoms with Gasteiger partial charge < -0.3 is 10.2 Å². The standard InChI is InChI=1S/C7H12O3/c1-7(2,10)5-3-4(5)6(8)9/h4-5,10H,3H2,1-2H3,(H,8,9)/t4-,5-/m1/s1. The summed E-state index contributed by atoms with van der Waals surface area (Å²) >= 11 is 0. The molecule has 1 saturated carbocycles. The quantitative estimate of drug-likeness (QED) is 0.592. The number of carboxylic acid groups (broad SMARTS) is 1. The van der Waals surface area contributed by atoms with Gasteiger partial charge in [0, 0.05) is 5.92 Å². The van der Waals surface area contributed by atoms with Crippen molar-refractivity contribution >= 4 is 5.97 Å². The molecule has 1 aliphatic carbocycles. The van der Waals surface area contributed by atoms with E-state index in [0.29, 0.717) is 6.42 Å². The number of rotatable bonds is 2. The summed E-state index contributed by atoms with van der Waals surface area (Å²) in [6.45, 7) is 3.31. The minimum Gasteiger partial charge on any atom is -0.481 e. The molecule has 2 atom stereocenters. The topological polar surface area (TPSA) is 57.5 Å². The van der Waals surface area contributed by atoms with Crippen LogP contribution in [0.1, 0.15) is 20.3 Å². The Labute approximate surface area is 59.7 Å². The third-order valence-corrected chi connectivity index (χ3v) is 2.02. The van der Waals surface area contributed by atoms with E-state index in [0.717, 1.165) is 0 Å². The van der Waals surface area contributed by atoms with Gasteiger partial charge >= 0.3 is 5.97 Å². The highest BCUT2D eigenvalue weighted by molar-refractivity contribution is 5.73. The highest BCUT2D eigenvalue weighted by Crippen LogP contribution is 2.46. The van der Waals surface area contributed by atoms with Crippen molar-refractivity contribution in [3.8, 4) is 0 Å². The molecule has 0 heterocycles. The monoisotopic (exact) mass is 144 g/mol. The number of hydrogen-bond acceptors (Lipinski definition) is 2. The number of hydrogen-bond donors (Lipinski definition) is 2. The molecule has 0 unspecified atom stereocenters. The van der Waals surface area contributed by atoms with E-state index in [1.807, 2.05) is 0 Å². The summed E-state index contributed by atoms with van der Waals surface area (Å²) in [6, 6.07) is 0. The van der Waals surface area contributed by atoms with Gasteiger partial charge in [-0.2, -0.15) is 0 Å². The van der Waals surface area contributed by atoms with Gasteiger partial charge in [-0.05, 0) is 20.3 Å². The van der Waals surface area contributed by atoms with Crippen molar-refractivity contribution in [2.75, 3.05) is 0 Å². The van der Waals surface area contributed by atoms with E-state index >= 15 is 0 Å². The van der Waals surface area contributed by atoms with Gasteiger partial charge in [-0.15, -0.1) is 0 Å². The Balaban J connectivity index is 2.46. The molecular weight excluding hydrogens is 132 g/mol. The van der Waals surface area contributed by atoms with E-state index in [2.05, 4.69) is 0 Å². The molecule has 1 aliphatic rings. The molecule has 0 amide bonds. The average Bonchev–Trinajstić information content (AvgIpc) is 2.35. The Kier molecular flexibility index (Phi) is 1.47. The lowest BCUT2D eigenvalue weighted by atomic mass is 10.0. The summed E-state index contributed by atoms with van der Waals surface area (Å²) in [6.07, 6.45) is 0.624. The highest BCUT2D eigenvalue weighted by Gasteiger charge is 2.51. The third-order valence-electron chi connectivity index (χ3n) is 2.02. The van der Waals surface area contributed by atoms with Crippen molar-refractivity contribution in [1.82, 2.24) is 0 Å². The Morgan fingerprint density at radius 2 is 2.10 bits per heavy atom. The zero-order valence-electron chi connectivity index (χ0n) is 6.16. The zero-order chi connectivity index (χ0) is 7.94. The van der Waals surface area contributed by atoms with Gasteiger partial charge in [0.2, 0.25) is 0 Å². The summed E-state index contributed by atoms with van der Waals surface area (Å²) < 4.78 is 0. The van der Waals surface area contributed by atoms with Crippen LogP contribution in [0.15, 0.2) is 0 Å². The summed E-state index contributed by atoms with van der Waals surface area (Å²) in [5.41, 5.74) is -0.816. The Morgan fingerprint density at radius 3 is 2.20 bits per heavy atom. The van der Waals surface area contributed by atoms with Crippen molar-refractivity contribution in [1.29, 1.82) is 0 Å². The van der Waals surface area contributed by atoms with Gasteiger partial charge in [0.1, 0.15) is 0 Å². The van der Waals surface area contributed by atoms with E-state index in [1.54, 1.807) is 13.8 Å². The molecule has 0 aromatic carbocycles. The van der Waals surface area contributed by atoms with Crippen LogP contribution in [0.4, 0.5) is 0 Å². The number of carbonyl (C=O) groups is 1. The molecule has 0 aromatic heterocycles. The Bertz CT molecular complexity index is 157. The minimum atomic E-state index is -0.816. The first kappa shape index (κ1) is 7.54. The summed E-state index contributed by atoms with van der Waals surface area (Å²) in [5.74, 6) is -1.13. The SMILES string of the molecule is CC(C)(O)[C@@H]1C[C@H]1C(=O)O. The lowest BCUT2D eigenvalue weighted by molar-refractivity contribution is -0.139. The fraction of sp³-hybridized carbons (Fsp3) is 0.857. The summed E-state index contributed by atoms with van der Waals surface area (Å²) in [7, 11) is 0. The van der Waals surface area contributed by atoms with Crippen LogP contribution in [-0.4, -0.2) is 21.8 Å². The van der Waals surface area contributed by atoms with Crippen LogP contribution in [0.3, 0.4) is 0 Å². The summed E-state index contributed by atoms with van der Waals surface area (Å²) in [5, 5.41) is 17.8. The van der Waals surface area contributed by atoms with Gasteiger partial charge in [0.25, 0.3) is 0 Å². The minimum absolute atomic E-state index is 0.0370. The normalized spacial score (nSPS) is 31.9. The van der Waals surface area contributed by atoms with Crippen LogP contribution >= 0.6 is 0 Å². The van der Waals surface area contributed by atoms with E-state index < -0.39 is 11.6 Å². The van der Waals surface area contributed by atoms with Crippen LogP contribution in [0, 0.1) is 11.8 Å². The Hall–Kier alpha value is -0.570. The van der Waals surface area contributed by atoms with Crippen LogP contribution in [0.5, 0.6) is 0 Å². The van der Waals surface area contributed by atoms with Crippen molar-refractivity contribution < 1.29 is 15.0 Å². The van der Waals surface area contributed by atoms with Gasteiger partial charge in [0.15, 0.2) is 0 Å². The van der Waals surface area contributed by atoms with Crippen molar-refractivity contribution in [2.45, 2.75) is 25.9 Å². The van der Waals surface area contributed by atoms with E-state index in [-0.39, 0.29) is 11.8 Å². The van der Waals surface area contributed by atoms with Crippen LogP contribution in [0.25, 0.3) is 0 Å². The molecule has 0 spiro atoms. The first-order valence-corrected chi connectivity index (χ1v) is 3.38. The first-order chi connectivity index (χ1) is 4.43. The fourth-order valence-corrected chi connectivity index (χ4v) is 1.25. The molecule has 2 N–H and O–H groups in total. The molecule has 0 radical (unpaired) electrons. The van der Waals surface area contributed by atoms with E-state index in [1.165, 1.54) is 0 Å². The first-order valence-electron chi connectivity index (χ1n) is 3.38. The molecule has 0 aliphatic heterocycles. The molecule has 0 aromatic rings. The molecule has 1 fully saturated rings. The smallest absolute Gasteiger partial charge is 0.306 e. The summed E-state index contributed by atoms with van der Waals surface area (Å²) in [4.78, 5) is 10.3. The second-order valence-corrected chi connectivity index (χ2v) is 3.44. The predicted octanol–water partition coefficient (Wildman–Crippen LogP) is 0.478. The van der Waals surface area contributed by atoms with E-state index in [4.69, 9.17) is 5.11 Å². The molecule has 0 bridgehead atoms. The van der Waals surface area contributed by atoms with Crippen LogP contribution in [-0.2, 0) is 4.79 Å². The third kappa shape index (κ3) is 1.29. The second-order valence-electron chi connectivity index (χ2n) is 3.44. The highest BCUT2D eigenvalue weighted by atomic mass is 16.4. The second kappa shape index (κ2) is 1.95. The maximum Gasteiger partial charge on any atom is 0.306 e. The zero-order valence-corrected chi connectivity index (χ0v) is 6.16. The molecule has 3 heteroatoms. The Morgan fingerprint density at radius 1 is 1.60 bits per heavy atom. The lowest BCUT2D eigenvalue weighted by Gasteiger charge is -2.15. The number of carboxylic acids is 1. The molecule has 58 valence electrons. The molecule has 3 nitrogen and oxygen atoms in total. The average molecular weight is 144 g/mol. The van der Waals surface area contributed by atoms with Crippen molar-refractivity contribution in [2.24, 2.45) is 11.8 Å². The predicted molar refractivity (Wildman–Crippen MR) is 35.5 cm³/mol. The number of aliphatic carboxylic acids is 1. The largest absolute Gasteiger partial charge is 0.481 e. The number of aliphatic hydroxyl groups is 1. The van der Waals surface area contributed by atoms with Crippen molar-refractivity contribution in [3.63, 3.8) is 0 Å². The molecule has 10 heavy (non-hydrogen) atoms. The van der Waals surface area contributed by atoms with Gasteiger partial charge in [-0.3, -0.25) is 4.79 Å². The van der Waals surface area contributed by atoms with Crippen LogP contribution < -0.4 is 0 Å². The van der Waals surface area contributed by atoms with Crippen molar-refractivity contribution in [3.05, 3.63) is 0 Å². The molecule has 1 rings (SSSR count). The lowest BCUT2D eigenvalue weighted by Crippen LogP contribution is -2.24. The maximum atomic E-state index is 10.3. The molecule has 0 saturated heterocycles.